The summed E-state index contributed by atoms with van der Waals surface area (Å²) in [5, 5.41) is 3.23. The van der Waals surface area contributed by atoms with Gasteiger partial charge in [0.15, 0.2) is 5.96 Å². The first-order valence-corrected chi connectivity index (χ1v) is 11.4. The fourth-order valence-electron chi connectivity index (χ4n) is 3.18. The molecule has 0 unspecified atom stereocenters. The SMILES string of the molecule is CCS(=O)(=O)NCCNC(=NC)N1CCN(Cc2cc(OC)ccc2OC)CC1.I. The van der Waals surface area contributed by atoms with Crippen molar-refractivity contribution in [1.82, 2.24) is 19.8 Å². The predicted octanol–water partition coefficient (Wildman–Crippen LogP) is 0.954. The van der Waals surface area contributed by atoms with Crippen LogP contribution in [0, 0.1) is 0 Å². The van der Waals surface area contributed by atoms with Crippen molar-refractivity contribution in [2.75, 3.05) is 66.3 Å². The van der Waals surface area contributed by atoms with Crippen molar-refractivity contribution in [3.63, 3.8) is 0 Å². The van der Waals surface area contributed by atoms with Gasteiger partial charge in [-0.1, -0.05) is 0 Å². The van der Waals surface area contributed by atoms with E-state index in [-0.39, 0.29) is 29.7 Å². The molecule has 2 rings (SSSR count). The Kier molecular flexibility index (Phi) is 11.7. The zero-order chi connectivity index (χ0) is 21.3. The standard InChI is InChI=1S/C19H33N5O4S.HI/c1-5-29(25,26)22-9-8-21-19(20-2)24-12-10-23(11-13-24)15-16-14-17(27-3)6-7-18(16)28-4;/h6-7,14,22H,5,8-13,15H2,1-4H3,(H,20,21);1H. The van der Waals surface area contributed by atoms with Crippen molar-refractivity contribution < 1.29 is 17.9 Å². The van der Waals surface area contributed by atoms with Gasteiger partial charge in [0.05, 0.1) is 20.0 Å². The van der Waals surface area contributed by atoms with E-state index in [1.54, 1.807) is 28.2 Å². The maximum Gasteiger partial charge on any atom is 0.211 e. The molecule has 0 bridgehead atoms. The molecular weight excluding hydrogens is 521 g/mol. The maximum absolute atomic E-state index is 11.5. The fraction of sp³-hybridized carbons (Fsp3) is 0.632. The van der Waals surface area contributed by atoms with Crippen molar-refractivity contribution in [2.45, 2.75) is 13.5 Å². The van der Waals surface area contributed by atoms with Gasteiger partial charge >= 0.3 is 0 Å². The molecule has 30 heavy (non-hydrogen) atoms. The number of hydrogen-bond acceptors (Lipinski definition) is 6. The highest BCUT2D eigenvalue weighted by Gasteiger charge is 2.20. The number of halogens is 1. The largest absolute Gasteiger partial charge is 0.497 e. The van der Waals surface area contributed by atoms with Crippen molar-refractivity contribution in [1.29, 1.82) is 0 Å². The zero-order valence-corrected chi connectivity index (χ0v) is 21.3. The molecule has 0 radical (unpaired) electrons. The average molecular weight is 555 g/mol. The van der Waals surface area contributed by atoms with Crippen molar-refractivity contribution in [3.05, 3.63) is 23.8 Å². The highest BCUT2D eigenvalue weighted by molar-refractivity contribution is 14.0. The van der Waals surface area contributed by atoms with E-state index in [2.05, 4.69) is 24.8 Å². The Morgan fingerprint density at radius 2 is 1.83 bits per heavy atom. The maximum atomic E-state index is 11.5. The van der Waals surface area contributed by atoms with E-state index in [4.69, 9.17) is 9.47 Å². The molecule has 0 saturated carbocycles. The zero-order valence-electron chi connectivity index (χ0n) is 18.2. The van der Waals surface area contributed by atoms with Crippen LogP contribution in [-0.4, -0.2) is 90.5 Å². The number of guanidine groups is 1. The van der Waals surface area contributed by atoms with Gasteiger partial charge in [-0.25, -0.2) is 13.1 Å². The van der Waals surface area contributed by atoms with E-state index >= 15 is 0 Å². The van der Waals surface area contributed by atoms with Crippen LogP contribution in [0.4, 0.5) is 0 Å². The summed E-state index contributed by atoms with van der Waals surface area (Å²) in [6, 6.07) is 5.85. The van der Waals surface area contributed by atoms with Crippen LogP contribution in [-0.2, 0) is 16.6 Å². The molecule has 0 atom stereocenters. The average Bonchev–Trinajstić information content (AvgIpc) is 2.74. The summed E-state index contributed by atoms with van der Waals surface area (Å²) in [5.74, 6) is 2.56. The second-order valence-electron chi connectivity index (χ2n) is 6.71. The molecule has 11 heteroatoms. The van der Waals surface area contributed by atoms with Gasteiger partial charge in [-0.15, -0.1) is 24.0 Å². The highest BCUT2D eigenvalue weighted by atomic mass is 127. The van der Waals surface area contributed by atoms with Gasteiger partial charge in [-0.05, 0) is 25.1 Å². The first-order valence-electron chi connectivity index (χ1n) is 9.78. The van der Waals surface area contributed by atoms with Gasteiger partial charge in [-0.3, -0.25) is 9.89 Å². The van der Waals surface area contributed by atoms with Gasteiger partial charge in [0, 0.05) is 58.4 Å². The molecule has 172 valence electrons. The van der Waals surface area contributed by atoms with Crippen LogP contribution in [0.3, 0.4) is 0 Å². The molecule has 0 spiro atoms. The van der Waals surface area contributed by atoms with E-state index in [9.17, 15) is 8.42 Å². The smallest absolute Gasteiger partial charge is 0.211 e. The topological polar surface area (TPSA) is 95.5 Å². The third-order valence-corrected chi connectivity index (χ3v) is 6.28. The lowest BCUT2D eigenvalue weighted by Gasteiger charge is -2.36. The van der Waals surface area contributed by atoms with Crippen molar-refractivity contribution >= 4 is 40.0 Å². The second kappa shape index (κ2) is 13.2. The minimum absolute atomic E-state index is 0. The number of methoxy groups -OCH3 is 2. The van der Waals surface area contributed by atoms with E-state index in [0.29, 0.717) is 13.1 Å². The summed E-state index contributed by atoms with van der Waals surface area (Å²) in [7, 11) is 1.92. The Bertz CT molecular complexity index is 783. The summed E-state index contributed by atoms with van der Waals surface area (Å²) in [5.41, 5.74) is 1.10. The second-order valence-corrected chi connectivity index (χ2v) is 8.81. The van der Waals surface area contributed by atoms with Crippen LogP contribution in [0.15, 0.2) is 23.2 Å². The monoisotopic (exact) mass is 555 g/mol. The molecule has 1 aromatic carbocycles. The van der Waals surface area contributed by atoms with E-state index in [0.717, 1.165) is 55.7 Å². The number of aliphatic imine (C=N–C) groups is 1. The Hall–Kier alpha value is -1.31. The van der Waals surface area contributed by atoms with Gasteiger partial charge in [0.1, 0.15) is 11.5 Å². The van der Waals surface area contributed by atoms with Crippen LogP contribution in [0.1, 0.15) is 12.5 Å². The Morgan fingerprint density at radius 3 is 2.40 bits per heavy atom. The lowest BCUT2D eigenvalue weighted by molar-refractivity contribution is 0.171. The quantitative estimate of drug-likeness (QED) is 0.203. The summed E-state index contributed by atoms with van der Waals surface area (Å²) in [6.45, 7) is 6.71. The number of benzene rings is 1. The molecule has 1 aliphatic heterocycles. The molecule has 2 N–H and O–H groups in total. The molecule has 1 aromatic rings. The normalized spacial score (nSPS) is 15.5. The molecular formula is C19H34IN5O4S. The molecule has 1 aliphatic rings. The summed E-state index contributed by atoms with van der Waals surface area (Å²) in [4.78, 5) is 8.88. The minimum atomic E-state index is -3.17. The molecule has 0 aromatic heterocycles. The van der Waals surface area contributed by atoms with Gasteiger partial charge in [-0.2, -0.15) is 0 Å². The molecule has 1 saturated heterocycles. The summed E-state index contributed by atoms with van der Waals surface area (Å²) in [6.07, 6.45) is 0. The van der Waals surface area contributed by atoms with Crippen LogP contribution in [0.5, 0.6) is 11.5 Å². The van der Waals surface area contributed by atoms with Crippen molar-refractivity contribution in [3.8, 4) is 11.5 Å². The third-order valence-electron chi connectivity index (χ3n) is 4.88. The van der Waals surface area contributed by atoms with Gasteiger partial charge < -0.3 is 19.7 Å². The van der Waals surface area contributed by atoms with Gasteiger partial charge in [0.25, 0.3) is 0 Å². The Morgan fingerprint density at radius 1 is 1.13 bits per heavy atom. The van der Waals surface area contributed by atoms with Crippen LogP contribution >= 0.6 is 24.0 Å². The number of rotatable bonds is 9. The third kappa shape index (κ3) is 8.08. The summed E-state index contributed by atoms with van der Waals surface area (Å²) >= 11 is 0. The number of ether oxygens (including phenoxy) is 2. The molecule has 0 aliphatic carbocycles. The van der Waals surface area contributed by atoms with E-state index in [1.807, 2.05) is 18.2 Å². The molecule has 1 fully saturated rings. The van der Waals surface area contributed by atoms with E-state index in [1.165, 1.54) is 0 Å². The predicted molar refractivity (Wildman–Crippen MR) is 131 cm³/mol. The summed E-state index contributed by atoms with van der Waals surface area (Å²) < 4.78 is 36.3. The number of nitrogens with one attached hydrogen (secondary N) is 2. The lowest BCUT2D eigenvalue weighted by atomic mass is 10.1. The number of piperazine rings is 1. The first-order chi connectivity index (χ1) is 13.9. The molecule has 9 nitrogen and oxygen atoms in total. The highest BCUT2D eigenvalue weighted by Crippen LogP contribution is 2.25. The van der Waals surface area contributed by atoms with Crippen LogP contribution < -0.4 is 19.5 Å². The Labute approximate surface area is 197 Å². The first kappa shape index (κ1) is 26.7. The molecule has 0 amide bonds. The number of hydrogen-bond donors (Lipinski definition) is 2. The van der Waals surface area contributed by atoms with Crippen molar-refractivity contribution in [2.24, 2.45) is 4.99 Å². The minimum Gasteiger partial charge on any atom is -0.497 e. The van der Waals surface area contributed by atoms with Gasteiger partial charge in [0.2, 0.25) is 10.0 Å². The van der Waals surface area contributed by atoms with Crippen LogP contribution in [0.25, 0.3) is 0 Å². The fourth-order valence-corrected chi connectivity index (χ4v) is 3.80. The molecule has 1 heterocycles. The lowest BCUT2D eigenvalue weighted by Crippen LogP contribution is -2.53. The van der Waals surface area contributed by atoms with E-state index < -0.39 is 10.0 Å². The number of sulfonamides is 1. The van der Waals surface area contributed by atoms with Crippen LogP contribution in [0.2, 0.25) is 0 Å². The Balaban J connectivity index is 0.00000450. The number of nitrogens with zero attached hydrogens (tertiary/aromatic N) is 3.